The largest absolute Gasteiger partial charge is 0.383 e. The van der Waals surface area contributed by atoms with E-state index in [2.05, 4.69) is 42.9 Å². The van der Waals surface area contributed by atoms with Crippen molar-refractivity contribution in [1.29, 1.82) is 0 Å². The maximum absolute atomic E-state index is 5.11. The van der Waals surface area contributed by atoms with Crippen LogP contribution in [0.2, 0.25) is 0 Å². The van der Waals surface area contributed by atoms with Crippen molar-refractivity contribution in [3.05, 3.63) is 0 Å². The van der Waals surface area contributed by atoms with Crippen LogP contribution in [0.1, 0.15) is 20.8 Å². The highest BCUT2D eigenvalue weighted by Gasteiger charge is 2.25. The fourth-order valence-electron chi connectivity index (χ4n) is 2.47. The molecule has 0 aromatic rings. The number of hydrogen-bond acceptors (Lipinski definition) is 4. The Morgan fingerprint density at radius 1 is 1.29 bits per heavy atom. The molecule has 1 aliphatic rings. The van der Waals surface area contributed by atoms with E-state index in [1.807, 2.05) is 0 Å². The topological polar surface area (TPSA) is 27.7 Å². The zero-order chi connectivity index (χ0) is 12.8. The lowest BCUT2D eigenvalue weighted by molar-refractivity contribution is 0.0597. The minimum absolute atomic E-state index is 0.447. The zero-order valence-corrected chi connectivity index (χ0v) is 12.1. The molecule has 1 N–H and O–H groups in total. The molecule has 3 unspecified atom stereocenters. The first kappa shape index (κ1) is 14.9. The molecule has 3 atom stereocenters. The van der Waals surface area contributed by atoms with E-state index in [9.17, 15) is 0 Å². The minimum atomic E-state index is 0.447. The first-order valence-electron chi connectivity index (χ1n) is 6.71. The summed E-state index contributed by atoms with van der Waals surface area (Å²) >= 11 is 0. The van der Waals surface area contributed by atoms with Gasteiger partial charge in [-0.3, -0.25) is 9.80 Å². The van der Waals surface area contributed by atoms with Crippen molar-refractivity contribution in [2.24, 2.45) is 0 Å². The van der Waals surface area contributed by atoms with Crippen molar-refractivity contribution < 1.29 is 4.74 Å². The summed E-state index contributed by atoms with van der Waals surface area (Å²) < 4.78 is 5.11. The molecule has 102 valence electrons. The summed E-state index contributed by atoms with van der Waals surface area (Å²) in [7, 11) is 3.98. The van der Waals surface area contributed by atoms with Gasteiger partial charge in [0.25, 0.3) is 0 Å². The van der Waals surface area contributed by atoms with Crippen LogP contribution in [-0.2, 0) is 4.74 Å². The van der Waals surface area contributed by atoms with E-state index in [0.29, 0.717) is 18.1 Å². The molecule has 1 fully saturated rings. The van der Waals surface area contributed by atoms with Gasteiger partial charge in [0.15, 0.2) is 0 Å². The van der Waals surface area contributed by atoms with Gasteiger partial charge in [-0.25, -0.2) is 0 Å². The molecule has 0 aromatic heterocycles. The second-order valence-electron chi connectivity index (χ2n) is 5.43. The Balaban J connectivity index is 2.19. The molecule has 0 saturated carbocycles. The Morgan fingerprint density at radius 2 is 1.88 bits per heavy atom. The lowest BCUT2D eigenvalue weighted by Crippen LogP contribution is -2.56. The van der Waals surface area contributed by atoms with Crippen molar-refractivity contribution in [2.75, 3.05) is 46.9 Å². The number of ether oxygens (including phenoxy) is 1. The normalized spacial score (nSPS) is 29.5. The Morgan fingerprint density at radius 3 is 2.41 bits per heavy atom. The molecule has 1 heterocycles. The average Bonchev–Trinajstić information content (AvgIpc) is 2.26. The van der Waals surface area contributed by atoms with Gasteiger partial charge >= 0.3 is 0 Å². The third kappa shape index (κ3) is 4.92. The maximum Gasteiger partial charge on any atom is 0.0613 e. The number of nitrogens with one attached hydrogen (secondary N) is 1. The molecule has 0 aliphatic carbocycles. The van der Waals surface area contributed by atoms with E-state index in [-0.39, 0.29) is 0 Å². The minimum Gasteiger partial charge on any atom is -0.383 e. The monoisotopic (exact) mass is 243 g/mol. The van der Waals surface area contributed by atoms with Crippen LogP contribution in [0.15, 0.2) is 0 Å². The molecule has 0 aromatic carbocycles. The molecule has 4 heteroatoms. The van der Waals surface area contributed by atoms with Crippen LogP contribution in [0.3, 0.4) is 0 Å². The van der Waals surface area contributed by atoms with Crippen LogP contribution in [0.4, 0.5) is 0 Å². The molecule has 0 amide bonds. The Bertz CT molecular complexity index is 201. The number of piperazine rings is 1. The highest BCUT2D eigenvalue weighted by molar-refractivity contribution is 4.82. The molecule has 4 nitrogen and oxygen atoms in total. The molecular formula is C13H29N3O. The van der Waals surface area contributed by atoms with Crippen LogP contribution in [0, 0.1) is 0 Å². The summed E-state index contributed by atoms with van der Waals surface area (Å²) in [6.07, 6.45) is 0. The lowest BCUT2D eigenvalue weighted by atomic mass is 10.1. The average molecular weight is 243 g/mol. The van der Waals surface area contributed by atoms with Crippen LogP contribution >= 0.6 is 0 Å². The molecule has 1 saturated heterocycles. The SMILES string of the molecule is COCC(C)NCCN1CC(C)N(C)C(C)C1. The summed E-state index contributed by atoms with van der Waals surface area (Å²) in [6, 6.07) is 1.77. The number of nitrogens with zero attached hydrogens (tertiary/aromatic N) is 2. The van der Waals surface area contributed by atoms with E-state index in [0.717, 1.165) is 19.7 Å². The van der Waals surface area contributed by atoms with Gasteiger partial charge < -0.3 is 10.1 Å². The first-order valence-corrected chi connectivity index (χ1v) is 6.71. The van der Waals surface area contributed by atoms with Crippen LogP contribution in [-0.4, -0.2) is 74.9 Å². The highest BCUT2D eigenvalue weighted by Crippen LogP contribution is 2.12. The van der Waals surface area contributed by atoms with Gasteiger partial charge in [0.1, 0.15) is 0 Å². The Labute approximate surface area is 106 Å². The standard InChI is InChI=1S/C13H29N3O/c1-11(10-17-5)14-6-7-16-8-12(2)15(4)13(3)9-16/h11-14H,6-10H2,1-5H3. The predicted octanol–water partition coefficient (Wildman–Crippen LogP) is 0.635. The number of likely N-dealkylation sites (N-methyl/N-ethyl adjacent to an activating group) is 1. The summed E-state index contributed by atoms with van der Waals surface area (Å²) in [6.45, 7) is 12.1. The van der Waals surface area contributed by atoms with Gasteiger partial charge in [-0.2, -0.15) is 0 Å². The van der Waals surface area contributed by atoms with Crippen molar-refractivity contribution in [3.8, 4) is 0 Å². The van der Waals surface area contributed by atoms with Gasteiger partial charge in [0.05, 0.1) is 6.61 Å². The van der Waals surface area contributed by atoms with E-state index < -0.39 is 0 Å². The van der Waals surface area contributed by atoms with E-state index in [1.54, 1.807) is 7.11 Å². The van der Waals surface area contributed by atoms with Gasteiger partial charge in [-0.1, -0.05) is 0 Å². The first-order chi connectivity index (χ1) is 8.04. The molecule has 0 bridgehead atoms. The molecule has 0 radical (unpaired) electrons. The summed E-state index contributed by atoms with van der Waals surface area (Å²) in [5.74, 6) is 0. The summed E-state index contributed by atoms with van der Waals surface area (Å²) in [5, 5.41) is 3.49. The molecule has 0 spiro atoms. The second kappa shape index (κ2) is 7.31. The van der Waals surface area contributed by atoms with Crippen LogP contribution in [0.25, 0.3) is 0 Å². The second-order valence-corrected chi connectivity index (χ2v) is 5.43. The van der Waals surface area contributed by atoms with Gasteiger partial charge in [0, 0.05) is 51.4 Å². The predicted molar refractivity (Wildman–Crippen MR) is 72.5 cm³/mol. The molecule has 1 rings (SSSR count). The third-order valence-corrected chi connectivity index (χ3v) is 3.77. The Hall–Kier alpha value is -0.160. The van der Waals surface area contributed by atoms with Crippen molar-refractivity contribution in [1.82, 2.24) is 15.1 Å². The smallest absolute Gasteiger partial charge is 0.0613 e. The van der Waals surface area contributed by atoms with E-state index >= 15 is 0 Å². The third-order valence-electron chi connectivity index (χ3n) is 3.77. The van der Waals surface area contributed by atoms with E-state index in [1.165, 1.54) is 13.1 Å². The Kier molecular flexibility index (Phi) is 6.41. The quantitative estimate of drug-likeness (QED) is 0.741. The number of methoxy groups -OCH3 is 1. The fourth-order valence-corrected chi connectivity index (χ4v) is 2.47. The lowest BCUT2D eigenvalue weighted by Gasteiger charge is -2.42. The van der Waals surface area contributed by atoms with E-state index in [4.69, 9.17) is 4.74 Å². The summed E-state index contributed by atoms with van der Waals surface area (Å²) in [5.41, 5.74) is 0. The van der Waals surface area contributed by atoms with Crippen molar-refractivity contribution >= 4 is 0 Å². The van der Waals surface area contributed by atoms with Crippen molar-refractivity contribution in [3.63, 3.8) is 0 Å². The van der Waals surface area contributed by atoms with Crippen molar-refractivity contribution in [2.45, 2.75) is 38.9 Å². The van der Waals surface area contributed by atoms with Crippen LogP contribution in [0.5, 0.6) is 0 Å². The molecule has 1 aliphatic heterocycles. The highest BCUT2D eigenvalue weighted by atomic mass is 16.5. The van der Waals surface area contributed by atoms with Crippen LogP contribution < -0.4 is 5.32 Å². The number of hydrogen-bond donors (Lipinski definition) is 1. The van der Waals surface area contributed by atoms with Gasteiger partial charge in [-0.15, -0.1) is 0 Å². The molecular weight excluding hydrogens is 214 g/mol. The molecule has 17 heavy (non-hydrogen) atoms. The van der Waals surface area contributed by atoms with Gasteiger partial charge in [-0.05, 0) is 27.8 Å². The zero-order valence-electron chi connectivity index (χ0n) is 12.1. The summed E-state index contributed by atoms with van der Waals surface area (Å²) in [4.78, 5) is 5.03. The maximum atomic E-state index is 5.11. The fraction of sp³-hybridized carbons (Fsp3) is 1.00. The van der Waals surface area contributed by atoms with Gasteiger partial charge in [0.2, 0.25) is 0 Å². The number of rotatable bonds is 6.